The summed E-state index contributed by atoms with van der Waals surface area (Å²) in [5, 5.41) is 5.49. The van der Waals surface area contributed by atoms with E-state index in [2.05, 4.69) is 36.7 Å². The van der Waals surface area contributed by atoms with Crippen LogP contribution in [-0.2, 0) is 4.74 Å². The summed E-state index contributed by atoms with van der Waals surface area (Å²) < 4.78 is 4.97. The van der Waals surface area contributed by atoms with E-state index in [1.807, 2.05) is 11.3 Å². The predicted octanol–water partition coefficient (Wildman–Crippen LogP) is 3.09. The zero-order valence-electron chi connectivity index (χ0n) is 10.4. The van der Waals surface area contributed by atoms with E-state index < -0.39 is 0 Å². The molecule has 1 aromatic rings. The molecular weight excluding hydrogens is 218 g/mol. The number of aryl methyl sites for hydroxylation is 1. The van der Waals surface area contributed by atoms with Gasteiger partial charge in [0.2, 0.25) is 0 Å². The molecule has 0 bridgehead atoms. The van der Waals surface area contributed by atoms with Gasteiger partial charge in [-0.3, -0.25) is 0 Å². The van der Waals surface area contributed by atoms with Gasteiger partial charge in [0.05, 0.1) is 6.61 Å². The van der Waals surface area contributed by atoms with Gasteiger partial charge in [-0.1, -0.05) is 6.08 Å². The maximum atomic E-state index is 4.97. The third-order valence-corrected chi connectivity index (χ3v) is 3.63. The molecule has 1 N–H and O–H groups in total. The Kier molecular flexibility index (Phi) is 6.38. The highest BCUT2D eigenvalue weighted by Crippen LogP contribution is 2.24. The van der Waals surface area contributed by atoms with Crippen LogP contribution in [-0.4, -0.2) is 26.8 Å². The molecule has 0 aliphatic heterocycles. The molecule has 1 heterocycles. The van der Waals surface area contributed by atoms with Crippen LogP contribution in [0.3, 0.4) is 0 Å². The molecule has 3 heteroatoms. The Bertz CT molecular complexity index is 330. The molecule has 0 saturated heterocycles. The van der Waals surface area contributed by atoms with Gasteiger partial charge in [-0.25, -0.2) is 0 Å². The van der Waals surface area contributed by atoms with E-state index in [4.69, 9.17) is 4.74 Å². The summed E-state index contributed by atoms with van der Waals surface area (Å²) in [4.78, 5) is 1.41. The fourth-order valence-electron chi connectivity index (χ4n) is 1.56. The summed E-state index contributed by atoms with van der Waals surface area (Å²) in [6.45, 7) is 7.09. The van der Waals surface area contributed by atoms with E-state index in [-0.39, 0.29) is 0 Å². The van der Waals surface area contributed by atoms with Gasteiger partial charge in [0.15, 0.2) is 0 Å². The van der Waals surface area contributed by atoms with Crippen molar-refractivity contribution in [2.24, 2.45) is 0 Å². The second-order valence-corrected chi connectivity index (χ2v) is 4.77. The van der Waals surface area contributed by atoms with Crippen molar-refractivity contribution in [1.82, 2.24) is 5.32 Å². The first-order valence-corrected chi connectivity index (χ1v) is 6.54. The van der Waals surface area contributed by atoms with Gasteiger partial charge in [-0.05, 0) is 49.4 Å². The van der Waals surface area contributed by atoms with Crippen molar-refractivity contribution in [1.29, 1.82) is 0 Å². The lowest BCUT2D eigenvalue weighted by Gasteiger charge is -2.03. The third-order valence-electron chi connectivity index (χ3n) is 2.47. The maximum Gasteiger partial charge on any atom is 0.0587 e. The van der Waals surface area contributed by atoms with Crippen molar-refractivity contribution < 1.29 is 4.74 Å². The molecule has 0 radical (unpaired) electrons. The SMILES string of the molecule is COCCNCCC=C(C)c1sccc1C. The summed E-state index contributed by atoms with van der Waals surface area (Å²) in [6.07, 6.45) is 3.38. The van der Waals surface area contributed by atoms with Crippen LogP contribution in [0.5, 0.6) is 0 Å². The van der Waals surface area contributed by atoms with Crippen molar-refractivity contribution in [2.45, 2.75) is 20.3 Å². The number of thiophene rings is 1. The molecule has 0 saturated carbocycles. The molecule has 0 spiro atoms. The first-order valence-electron chi connectivity index (χ1n) is 5.66. The van der Waals surface area contributed by atoms with E-state index in [1.165, 1.54) is 16.0 Å². The van der Waals surface area contributed by atoms with Crippen molar-refractivity contribution >= 4 is 16.9 Å². The fraction of sp³-hybridized carbons (Fsp3) is 0.538. The fourth-order valence-corrected chi connectivity index (χ4v) is 2.49. The van der Waals surface area contributed by atoms with Crippen molar-refractivity contribution in [2.75, 3.05) is 26.8 Å². The Balaban J connectivity index is 2.27. The highest BCUT2D eigenvalue weighted by molar-refractivity contribution is 7.11. The number of rotatable bonds is 7. The van der Waals surface area contributed by atoms with Crippen LogP contribution < -0.4 is 5.32 Å². The topological polar surface area (TPSA) is 21.3 Å². The Morgan fingerprint density at radius 2 is 2.31 bits per heavy atom. The lowest BCUT2D eigenvalue weighted by molar-refractivity contribution is 0.199. The van der Waals surface area contributed by atoms with Crippen LogP contribution >= 0.6 is 11.3 Å². The first-order chi connectivity index (χ1) is 7.75. The highest BCUT2D eigenvalue weighted by Gasteiger charge is 2.00. The second kappa shape index (κ2) is 7.60. The van der Waals surface area contributed by atoms with Gasteiger partial charge < -0.3 is 10.1 Å². The van der Waals surface area contributed by atoms with Crippen LogP contribution in [0.4, 0.5) is 0 Å². The Hall–Kier alpha value is -0.640. The third kappa shape index (κ3) is 4.47. The van der Waals surface area contributed by atoms with E-state index >= 15 is 0 Å². The summed E-state index contributed by atoms with van der Waals surface area (Å²) in [5.41, 5.74) is 2.77. The first kappa shape index (κ1) is 13.4. The molecule has 90 valence electrons. The average molecular weight is 239 g/mol. The highest BCUT2D eigenvalue weighted by atomic mass is 32.1. The molecule has 0 amide bonds. The molecular formula is C13H21NOS. The molecule has 0 aliphatic carbocycles. The maximum absolute atomic E-state index is 4.97. The molecule has 1 aromatic heterocycles. The second-order valence-electron chi connectivity index (χ2n) is 3.85. The number of methoxy groups -OCH3 is 1. The van der Waals surface area contributed by atoms with Gasteiger partial charge in [0.1, 0.15) is 0 Å². The summed E-state index contributed by atoms with van der Waals surface area (Å²) >= 11 is 1.82. The van der Waals surface area contributed by atoms with Crippen molar-refractivity contribution in [3.05, 3.63) is 28.0 Å². The van der Waals surface area contributed by atoms with E-state index in [0.29, 0.717) is 0 Å². The number of nitrogens with one attached hydrogen (secondary N) is 1. The number of allylic oxidation sites excluding steroid dienone is 1. The normalized spacial score (nSPS) is 12.1. The summed E-state index contributed by atoms with van der Waals surface area (Å²) in [7, 11) is 1.73. The number of hydrogen-bond donors (Lipinski definition) is 1. The van der Waals surface area contributed by atoms with Crippen LogP contribution in [0.25, 0.3) is 5.57 Å². The summed E-state index contributed by atoms with van der Waals surface area (Å²) in [6, 6.07) is 2.17. The van der Waals surface area contributed by atoms with Crippen LogP contribution in [0.2, 0.25) is 0 Å². The standard InChI is InChI=1S/C13H21NOS/c1-11(13-12(2)6-10-16-13)5-4-7-14-8-9-15-3/h5-6,10,14H,4,7-9H2,1-3H3. The zero-order valence-corrected chi connectivity index (χ0v) is 11.2. The Morgan fingerprint density at radius 3 is 2.94 bits per heavy atom. The molecule has 0 fully saturated rings. The number of ether oxygens (including phenoxy) is 1. The lowest BCUT2D eigenvalue weighted by atomic mass is 10.1. The molecule has 2 nitrogen and oxygen atoms in total. The van der Waals surface area contributed by atoms with Crippen LogP contribution in [0.15, 0.2) is 17.5 Å². The van der Waals surface area contributed by atoms with Crippen LogP contribution in [0.1, 0.15) is 23.8 Å². The van der Waals surface area contributed by atoms with Gasteiger partial charge in [0.25, 0.3) is 0 Å². The minimum absolute atomic E-state index is 0.784. The predicted molar refractivity (Wildman–Crippen MR) is 72.1 cm³/mol. The quantitative estimate of drug-likeness (QED) is 0.738. The minimum Gasteiger partial charge on any atom is -0.383 e. The Labute approximate surface area is 102 Å². The molecule has 0 unspecified atom stereocenters. The molecule has 0 aromatic carbocycles. The van der Waals surface area contributed by atoms with E-state index in [1.54, 1.807) is 7.11 Å². The van der Waals surface area contributed by atoms with Gasteiger partial charge in [-0.15, -0.1) is 11.3 Å². The van der Waals surface area contributed by atoms with Crippen molar-refractivity contribution in [3.63, 3.8) is 0 Å². The molecule has 16 heavy (non-hydrogen) atoms. The van der Waals surface area contributed by atoms with Gasteiger partial charge in [0, 0.05) is 18.5 Å². The van der Waals surface area contributed by atoms with Gasteiger partial charge >= 0.3 is 0 Å². The number of hydrogen-bond acceptors (Lipinski definition) is 3. The van der Waals surface area contributed by atoms with Gasteiger partial charge in [-0.2, -0.15) is 0 Å². The Morgan fingerprint density at radius 1 is 1.50 bits per heavy atom. The zero-order chi connectivity index (χ0) is 11.8. The van der Waals surface area contributed by atoms with E-state index in [9.17, 15) is 0 Å². The van der Waals surface area contributed by atoms with Crippen LogP contribution in [0, 0.1) is 6.92 Å². The monoisotopic (exact) mass is 239 g/mol. The largest absolute Gasteiger partial charge is 0.383 e. The minimum atomic E-state index is 0.784. The smallest absolute Gasteiger partial charge is 0.0587 e. The average Bonchev–Trinajstić information content (AvgIpc) is 2.69. The molecule has 0 aliphatic rings. The van der Waals surface area contributed by atoms with E-state index in [0.717, 1.165) is 26.1 Å². The lowest BCUT2D eigenvalue weighted by Crippen LogP contribution is -2.19. The molecule has 1 rings (SSSR count). The molecule has 0 atom stereocenters. The van der Waals surface area contributed by atoms with Crippen molar-refractivity contribution in [3.8, 4) is 0 Å². The summed E-state index contributed by atoms with van der Waals surface area (Å²) in [5.74, 6) is 0.